The Morgan fingerprint density at radius 1 is 0.909 bits per heavy atom. The molecule has 0 aliphatic heterocycles. The van der Waals surface area contributed by atoms with Crippen molar-refractivity contribution in [3.63, 3.8) is 0 Å². The van der Waals surface area contributed by atoms with Crippen LogP contribution in [0.5, 0.6) is 11.5 Å². The molecule has 5 aromatic rings. The van der Waals surface area contributed by atoms with Crippen LogP contribution in [0.2, 0.25) is 0 Å². The van der Waals surface area contributed by atoms with Gasteiger partial charge in [0.2, 0.25) is 5.89 Å². The van der Waals surface area contributed by atoms with Gasteiger partial charge in [-0.2, -0.15) is 0 Å². The van der Waals surface area contributed by atoms with E-state index in [1.807, 2.05) is 60.7 Å². The molecule has 0 spiro atoms. The van der Waals surface area contributed by atoms with Gasteiger partial charge in [-0.1, -0.05) is 42.1 Å². The molecule has 0 unspecified atom stereocenters. The maximum atomic E-state index is 13.4. The minimum Gasteiger partial charge on any atom is -0.493 e. The Balaban J connectivity index is 1.53. The number of thioether (sulfide) groups is 1. The van der Waals surface area contributed by atoms with Gasteiger partial charge < -0.3 is 13.9 Å². The molecule has 33 heavy (non-hydrogen) atoms. The predicted molar refractivity (Wildman–Crippen MR) is 128 cm³/mol. The molecule has 0 N–H and O–H groups in total. The molecule has 0 atom stereocenters. The number of oxazole rings is 1. The molecule has 7 nitrogen and oxygen atoms in total. The molecule has 8 heteroatoms. The normalized spacial score (nSPS) is 11.2. The number of rotatable bonds is 7. The summed E-state index contributed by atoms with van der Waals surface area (Å²) in [5.74, 6) is 2.28. The second-order valence-corrected chi connectivity index (χ2v) is 8.30. The van der Waals surface area contributed by atoms with Crippen molar-refractivity contribution in [2.24, 2.45) is 0 Å². The minimum atomic E-state index is -0.101. The van der Waals surface area contributed by atoms with E-state index in [0.29, 0.717) is 45.7 Å². The monoisotopic (exact) mass is 459 g/mol. The summed E-state index contributed by atoms with van der Waals surface area (Å²) in [6.45, 7) is 0.340. The molecule has 3 aromatic carbocycles. The molecule has 0 bridgehead atoms. The SMILES string of the molecule is COc1ccc(Cn2c(SCc3nc4ccccc4o3)nc3ccccc3c2=O)cc1OC. The number of hydrogen-bond acceptors (Lipinski definition) is 7. The Hall–Kier alpha value is -3.78. The number of methoxy groups -OCH3 is 2. The lowest BCUT2D eigenvalue weighted by molar-refractivity contribution is 0.354. The second-order valence-electron chi connectivity index (χ2n) is 7.36. The molecule has 166 valence electrons. The topological polar surface area (TPSA) is 79.4 Å². The number of para-hydroxylation sites is 3. The zero-order valence-corrected chi connectivity index (χ0v) is 19.0. The molecule has 0 saturated carbocycles. The molecule has 0 saturated heterocycles. The maximum Gasteiger partial charge on any atom is 0.262 e. The van der Waals surface area contributed by atoms with E-state index >= 15 is 0 Å². The van der Waals surface area contributed by atoms with Crippen molar-refractivity contribution in [1.82, 2.24) is 14.5 Å². The lowest BCUT2D eigenvalue weighted by Gasteiger charge is -2.14. The van der Waals surface area contributed by atoms with Crippen molar-refractivity contribution < 1.29 is 13.9 Å². The van der Waals surface area contributed by atoms with Gasteiger partial charge in [0, 0.05) is 0 Å². The van der Waals surface area contributed by atoms with Crippen molar-refractivity contribution >= 4 is 33.8 Å². The van der Waals surface area contributed by atoms with Crippen molar-refractivity contribution in [1.29, 1.82) is 0 Å². The first-order valence-electron chi connectivity index (χ1n) is 10.3. The second kappa shape index (κ2) is 8.99. The molecular formula is C25H21N3O4S. The van der Waals surface area contributed by atoms with E-state index in [0.717, 1.165) is 16.7 Å². The Morgan fingerprint density at radius 2 is 1.67 bits per heavy atom. The van der Waals surface area contributed by atoms with Crippen LogP contribution >= 0.6 is 11.8 Å². The van der Waals surface area contributed by atoms with Crippen LogP contribution in [0.4, 0.5) is 0 Å². The van der Waals surface area contributed by atoms with E-state index in [2.05, 4.69) is 4.98 Å². The average molecular weight is 460 g/mol. The fraction of sp³-hybridized carbons (Fsp3) is 0.160. The van der Waals surface area contributed by atoms with Gasteiger partial charge >= 0.3 is 0 Å². The summed E-state index contributed by atoms with van der Waals surface area (Å²) in [6, 6.07) is 20.6. The molecule has 0 radical (unpaired) electrons. The van der Waals surface area contributed by atoms with E-state index in [4.69, 9.17) is 18.9 Å². The number of fused-ring (bicyclic) bond motifs is 2. The first-order valence-corrected chi connectivity index (χ1v) is 11.3. The number of nitrogens with zero attached hydrogens (tertiary/aromatic N) is 3. The van der Waals surface area contributed by atoms with Crippen LogP contribution in [0.25, 0.3) is 22.0 Å². The number of ether oxygens (including phenoxy) is 2. The number of hydrogen-bond donors (Lipinski definition) is 0. The number of aromatic nitrogens is 3. The summed E-state index contributed by atoms with van der Waals surface area (Å²) >= 11 is 1.42. The minimum absolute atomic E-state index is 0.101. The molecule has 5 rings (SSSR count). The Kier molecular flexibility index (Phi) is 5.75. The summed E-state index contributed by atoms with van der Waals surface area (Å²) < 4.78 is 18.3. The van der Waals surface area contributed by atoms with Gasteiger partial charge in [-0.05, 0) is 42.0 Å². The Morgan fingerprint density at radius 3 is 2.45 bits per heavy atom. The molecule has 2 aromatic heterocycles. The van der Waals surface area contributed by atoms with E-state index in [1.54, 1.807) is 24.9 Å². The zero-order valence-electron chi connectivity index (χ0n) is 18.1. The van der Waals surface area contributed by atoms with Crippen LogP contribution in [0, 0.1) is 0 Å². The van der Waals surface area contributed by atoms with Gasteiger partial charge in [0.15, 0.2) is 22.2 Å². The highest BCUT2D eigenvalue weighted by Crippen LogP contribution is 2.29. The first-order chi connectivity index (χ1) is 16.2. The molecule has 0 aliphatic carbocycles. The third-order valence-electron chi connectivity index (χ3n) is 5.28. The molecule has 0 amide bonds. The van der Waals surface area contributed by atoms with Crippen molar-refractivity contribution in [2.45, 2.75) is 17.5 Å². The zero-order chi connectivity index (χ0) is 22.8. The van der Waals surface area contributed by atoms with Gasteiger partial charge in [-0.15, -0.1) is 0 Å². The lowest BCUT2D eigenvalue weighted by atomic mass is 10.2. The van der Waals surface area contributed by atoms with Crippen molar-refractivity contribution in [2.75, 3.05) is 14.2 Å². The van der Waals surface area contributed by atoms with Crippen molar-refractivity contribution in [3.05, 3.63) is 88.5 Å². The molecule has 0 aliphatic rings. The quantitative estimate of drug-likeness (QED) is 0.253. The van der Waals surface area contributed by atoms with Crippen LogP contribution in [-0.4, -0.2) is 28.8 Å². The van der Waals surface area contributed by atoms with Gasteiger partial charge in [-0.25, -0.2) is 9.97 Å². The van der Waals surface area contributed by atoms with Gasteiger partial charge in [0.25, 0.3) is 5.56 Å². The van der Waals surface area contributed by atoms with E-state index in [-0.39, 0.29) is 5.56 Å². The van der Waals surface area contributed by atoms with Crippen LogP contribution in [-0.2, 0) is 12.3 Å². The van der Waals surface area contributed by atoms with Gasteiger partial charge in [0.1, 0.15) is 5.52 Å². The number of benzene rings is 3. The van der Waals surface area contributed by atoms with Crippen LogP contribution < -0.4 is 15.0 Å². The van der Waals surface area contributed by atoms with Crippen molar-refractivity contribution in [3.8, 4) is 11.5 Å². The summed E-state index contributed by atoms with van der Waals surface area (Å²) in [5, 5.41) is 1.17. The third kappa shape index (κ3) is 4.17. The average Bonchev–Trinajstić information content (AvgIpc) is 3.27. The smallest absolute Gasteiger partial charge is 0.262 e. The largest absolute Gasteiger partial charge is 0.493 e. The Labute approximate surface area is 194 Å². The maximum absolute atomic E-state index is 13.4. The standard InChI is InChI=1S/C25H21N3O4S/c1-30-21-12-11-16(13-22(21)31-2)14-28-24(29)17-7-3-4-8-18(17)27-25(28)33-15-23-26-19-9-5-6-10-20(19)32-23/h3-13H,14-15H2,1-2H3. The fourth-order valence-electron chi connectivity index (χ4n) is 3.67. The van der Waals surface area contributed by atoms with Gasteiger partial charge in [-0.3, -0.25) is 9.36 Å². The molecule has 0 fully saturated rings. The summed E-state index contributed by atoms with van der Waals surface area (Å²) in [4.78, 5) is 22.7. The summed E-state index contributed by atoms with van der Waals surface area (Å²) in [5.41, 5.74) is 3.00. The van der Waals surface area contributed by atoms with E-state index in [1.165, 1.54) is 11.8 Å². The summed E-state index contributed by atoms with van der Waals surface area (Å²) in [7, 11) is 3.18. The lowest BCUT2D eigenvalue weighted by Crippen LogP contribution is -2.24. The van der Waals surface area contributed by atoms with Gasteiger partial charge in [0.05, 0.1) is 37.4 Å². The van der Waals surface area contributed by atoms with E-state index < -0.39 is 0 Å². The highest BCUT2D eigenvalue weighted by atomic mass is 32.2. The molecular weight excluding hydrogens is 438 g/mol. The Bertz CT molecular complexity index is 1480. The van der Waals surface area contributed by atoms with Crippen LogP contribution in [0.1, 0.15) is 11.5 Å². The molecule has 2 heterocycles. The summed E-state index contributed by atoms with van der Waals surface area (Å²) in [6.07, 6.45) is 0. The third-order valence-corrected chi connectivity index (χ3v) is 6.24. The predicted octanol–water partition coefficient (Wildman–Crippen LogP) is 4.90. The first kappa shape index (κ1) is 21.1. The van der Waals surface area contributed by atoms with Crippen LogP contribution in [0.3, 0.4) is 0 Å². The van der Waals surface area contributed by atoms with E-state index in [9.17, 15) is 4.79 Å². The van der Waals surface area contributed by atoms with Crippen LogP contribution in [0.15, 0.2) is 81.1 Å². The highest BCUT2D eigenvalue weighted by Gasteiger charge is 2.15. The highest BCUT2D eigenvalue weighted by molar-refractivity contribution is 7.98. The fourth-order valence-corrected chi connectivity index (χ4v) is 4.51.